The maximum atomic E-state index is 6.02. The molecule has 0 aromatic rings. The average molecular weight is 197 g/mol. The maximum Gasteiger partial charge on any atom is 0.00389 e. The summed E-state index contributed by atoms with van der Waals surface area (Å²) in [6, 6.07) is 0.471. The van der Waals surface area contributed by atoms with Crippen molar-refractivity contribution in [3.8, 4) is 0 Å². The fraction of sp³-hybridized carbons (Fsp3) is 1.00. The Kier molecular flexibility index (Phi) is 4.00. The van der Waals surface area contributed by atoms with E-state index in [9.17, 15) is 0 Å². The lowest BCUT2D eigenvalue weighted by molar-refractivity contribution is 0.132. The van der Waals surface area contributed by atoms with Gasteiger partial charge >= 0.3 is 0 Å². The smallest absolute Gasteiger partial charge is 0.00389 e. The molecule has 84 valence electrons. The molecule has 1 heteroatoms. The third-order valence-corrected chi connectivity index (χ3v) is 3.88. The van der Waals surface area contributed by atoms with Crippen LogP contribution in [-0.4, -0.2) is 6.04 Å². The predicted molar refractivity (Wildman–Crippen MR) is 63.2 cm³/mol. The van der Waals surface area contributed by atoms with Crippen LogP contribution in [0.2, 0.25) is 0 Å². The molecule has 0 bridgehead atoms. The minimum absolute atomic E-state index is 0.471. The van der Waals surface area contributed by atoms with E-state index in [4.69, 9.17) is 5.73 Å². The highest BCUT2D eigenvalue weighted by Gasteiger charge is 2.30. The Labute approximate surface area is 89.5 Å². The van der Waals surface area contributed by atoms with Gasteiger partial charge in [0, 0.05) is 6.04 Å². The lowest BCUT2D eigenvalue weighted by atomic mass is 9.68. The Morgan fingerprint density at radius 2 is 1.64 bits per heavy atom. The summed E-state index contributed by atoms with van der Waals surface area (Å²) in [5, 5.41) is 0. The fourth-order valence-electron chi connectivity index (χ4n) is 2.99. The summed E-state index contributed by atoms with van der Waals surface area (Å²) in [5.41, 5.74) is 6.49. The molecule has 0 aromatic carbocycles. The molecule has 1 nitrogen and oxygen atoms in total. The molecule has 0 heterocycles. The fourth-order valence-corrected chi connectivity index (χ4v) is 2.99. The van der Waals surface area contributed by atoms with Crippen molar-refractivity contribution in [1.82, 2.24) is 0 Å². The molecule has 1 rings (SSSR count). The molecule has 1 aliphatic rings. The van der Waals surface area contributed by atoms with Crippen molar-refractivity contribution >= 4 is 0 Å². The molecule has 0 aromatic heterocycles. The number of rotatable bonds is 0. The monoisotopic (exact) mass is 197 g/mol. The Balaban J connectivity index is 2.58. The molecule has 2 N–H and O–H groups in total. The molecular formula is C13H27N. The standard InChI is InChI=1S/C13H27N/c1-10-8-9-11(14)6-5-7-12(10)13(2,3)4/h10-12H,5-9,14H2,1-4H3. The largest absolute Gasteiger partial charge is 0.328 e. The van der Waals surface area contributed by atoms with Crippen LogP contribution in [0.1, 0.15) is 59.8 Å². The van der Waals surface area contributed by atoms with Crippen LogP contribution < -0.4 is 5.73 Å². The predicted octanol–water partition coefficient (Wildman–Crippen LogP) is 3.58. The third kappa shape index (κ3) is 3.27. The zero-order valence-electron chi connectivity index (χ0n) is 10.3. The summed E-state index contributed by atoms with van der Waals surface area (Å²) < 4.78 is 0. The summed E-state index contributed by atoms with van der Waals surface area (Å²) in [4.78, 5) is 0. The van der Waals surface area contributed by atoms with Gasteiger partial charge in [-0.15, -0.1) is 0 Å². The summed E-state index contributed by atoms with van der Waals surface area (Å²) >= 11 is 0. The molecule has 0 radical (unpaired) electrons. The van der Waals surface area contributed by atoms with Crippen molar-refractivity contribution in [3.63, 3.8) is 0 Å². The second-order valence-corrected chi connectivity index (χ2v) is 6.22. The summed E-state index contributed by atoms with van der Waals surface area (Å²) in [6.07, 6.45) is 6.49. The van der Waals surface area contributed by atoms with Gasteiger partial charge in [-0.05, 0) is 42.9 Å². The second-order valence-electron chi connectivity index (χ2n) is 6.22. The Hall–Kier alpha value is -0.0400. The van der Waals surface area contributed by atoms with E-state index in [-0.39, 0.29) is 0 Å². The highest BCUT2D eigenvalue weighted by Crippen LogP contribution is 2.39. The molecular weight excluding hydrogens is 170 g/mol. The van der Waals surface area contributed by atoms with Crippen LogP contribution in [0.3, 0.4) is 0 Å². The van der Waals surface area contributed by atoms with E-state index in [0.717, 1.165) is 11.8 Å². The molecule has 0 amide bonds. The first-order valence-electron chi connectivity index (χ1n) is 6.17. The van der Waals surface area contributed by atoms with Gasteiger partial charge in [-0.2, -0.15) is 0 Å². The number of nitrogens with two attached hydrogens (primary N) is 1. The Morgan fingerprint density at radius 1 is 1.00 bits per heavy atom. The van der Waals surface area contributed by atoms with Gasteiger partial charge in [-0.3, -0.25) is 0 Å². The van der Waals surface area contributed by atoms with E-state index in [1.165, 1.54) is 32.1 Å². The van der Waals surface area contributed by atoms with Crippen molar-refractivity contribution in [2.45, 2.75) is 65.8 Å². The van der Waals surface area contributed by atoms with Crippen LogP contribution in [0.5, 0.6) is 0 Å². The van der Waals surface area contributed by atoms with Crippen molar-refractivity contribution in [3.05, 3.63) is 0 Å². The zero-order valence-corrected chi connectivity index (χ0v) is 10.3. The first kappa shape index (κ1) is 12.0. The maximum absolute atomic E-state index is 6.02. The normalized spacial score (nSPS) is 36.2. The van der Waals surface area contributed by atoms with Crippen molar-refractivity contribution in [2.24, 2.45) is 23.0 Å². The number of hydrogen-bond donors (Lipinski definition) is 1. The molecule has 0 aliphatic heterocycles. The van der Waals surface area contributed by atoms with Crippen molar-refractivity contribution < 1.29 is 0 Å². The highest BCUT2D eigenvalue weighted by molar-refractivity contribution is 4.82. The topological polar surface area (TPSA) is 26.0 Å². The van der Waals surface area contributed by atoms with Crippen LogP contribution in [0, 0.1) is 17.3 Å². The van der Waals surface area contributed by atoms with Gasteiger partial charge in [0.15, 0.2) is 0 Å². The molecule has 3 atom stereocenters. The van der Waals surface area contributed by atoms with Crippen LogP contribution in [-0.2, 0) is 0 Å². The second kappa shape index (κ2) is 4.65. The molecule has 1 fully saturated rings. The minimum atomic E-state index is 0.471. The van der Waals surface area contributed by atoms with Crippen LogP contribution in [0.4, 0.5) is 0 Å². The van der Waals surface area contributed by atoms with Crippen molar-refractivity contribution in [2.75, 3.05) is 0 Å². The van der Waals surface area contributed by atoms with Gasteiger partial charge in [-0.1, -0.05) is 34.1 Å². The van der Waals surface area contributed by atoms with Crippen LogP contribution in [0.15, 0.2) is 0 Å². The first-order valence-corrected chi connectivity index (χ1v) is 6.17. The third-order valence-electron chi connectivity index (χ3n) is 3.88. The average Bonchev–Trinajstić information content (AvgIpc) is 2.03. The van der Waals surface area contributed by atoms with Gasteiger partial charge in [0.2, 0.25) is 0 Å². The van der Waals surface area contributed by atoms with Crippen LogP contribution in [0.25, 0.3) is 0 Å². The molecule has 0 saturated heterocycles. The van der Waals surface area contributed by atoms with Gasteiger partial charge in [0.1, 0.15) is 0 Å². The molecule has 1 aliphatic carbocycles. The summed E-state index contributed by atoms with van der Waals surface area (Å²) in [7, 11) is 0. The molecule has 0 spiro atoms. The lowest BCUT2D eigenvalue weighted by Gasteiger charge is -2.38. The summed E-state index contributed by atoms with van der Waals surface area (Å²) in [6.45, 7) is 9.56. The van der Waals surface area contributed by atoms with Gasteiger partial charge < -0.3 is 5.73 Å². The van der Waals surface area contributed by atoms with E-state index in [1.807, 2.05) is 0 Å². The first-order chi connectivity index (χ1) is 6.41. The minimum Gasteiger partial charge on any atom is -0.328 e. The van der Waals surface area contributed by atoms with Gasteiger partial charge in [0.05, 0.1) is 0 Å². The molecule has 14 heavy (non-hydrogen) atoms. The lowest BCUT2D eigenvalue weighted by Crippen LogP contribution is -2.31. The van der Waals surface area contributed by atoms with E-state index >= 15 is 0 Å². The molecule has 3 unspecified atom stereocenters. The summed E-state index contributed by atoms with van der Waals surface area (Å²) in [5.74, 6) is 1.73. The SMILES string of the molecule is CC1CCC(N)CCCC1C(C)(C)C. The van der Waals surface area contributed by atoms with E-state index in [2.05, 4.69) is 27.7 Å². The zero-order chi connectivity index (χ0) is 10.8. The van der Waals surface area contributed by atoms with E-state index in [0.29, 0.717) is 11.5 Å². The highest BCUT2D eigenvalue weighted by atomic mass is 14.6. The van der Waals surface area contributed by atoms with E-state index in [1.54, 1.807) is 0 Å². The molecule has 1 saturated carbocycles. The quantitative estimate of drug-likeness (QED) is 0.631. The Bertz CT molecular complexity index is 169. The van der Waals surface area contributed by atoms with E-state index < -0.39 is 0 Å². The number of hydrogen-bond acceptors (Lipinski definition) is 1. The van der Waals surface area contributed by atoms with Crippen LogP contribution >= 0.6 is 0 Å². The van der Waals surface area contributed by atoms with Crippen molar-refractivity contribution in [1.29, 1.82) is 0 Å². The Morgan fingerprint density at radius 3 is 2.21 bits per heavy atom. The van der Waals surface area contributed by atoms with Gasteiger partial charge in [0.25, 0.3) is 0 Å². The van der Waals surface area contributed by atoms with Gasteiger partial charge in [-0.25, -0.2) is 0 Å².